The van der Waals surface area contributed by atoms with Crippen LogP contribution >= 0.6 is 11.8 Å². The molecule has 14 amide bonds. The number of nitrogens with one attached hydrogen (secondary N) is 10. The number of aromatic hydroxyl groups is 1. The second-order valence-corrected chi connectivity index (χ2v) is 35.4. The van der Waals surface area contributed by atoms with Gasteiger partial charge in [0.15, 0.2) is 0 Å². The minimum absolute atomic E-state index is 0.0106. The van der Waals surface area contributed by atoms with E-state index in [0.29, 0.717) is 77.1 Å². The highest BCUT2D eigenvalue weighted by Gasteiger charge is 2.46. The minimum Gasteiger partial charge on any atom is -0.508 e. The Labute approximate surface area is 762 Å². The number of hydrogen-bond acceptors (Lipinski definition) is 19. The van der Waals surface area contributed by atoms with Crippen LogP contribution in [0.15, 0.2) is 146 Å². The molecule has 13 atom stereocenters. The van der Waals surface area contributed by atoms with Crippen LogP contribution in [0.3, 0.4) is 0 Å². The van der Waals surface area contributed by atoms with Crippen LogP contribution in [0, 0.1) is 11.8 Å². The Bertz CT molecular complexity index is 4890. The van der Waals surface area contributed by atoms with Gasteiger partial charge in [-0.25, -0.2) is 0 Å². The lowest BCUT2D eigenvalue weighted by atomic mass is 9.98. The third-order valence-electron chi connectivity index (χ3n) is 23.9. The lowest BCUT2D eigenvalue weighted by Gasteiger charge is -2.38. The summed E-state index contributed by atoms with van der Waals surface area (Å²) in [4.78, 5) is 247. The molecule has 5 aromatic carbocycles. The number of aromatic amines is 1. The smallest absolute Gasteiger partial charge is 0.303 e. The number of thioether (sulfide) groups is 1. The number of fused-ring (bicyclic) bond motifs is 3. The number of likely N-dealkylation sites (N-methyl/N-ethyl adjacent to an activating group) is 3. The van der Waals surface area contributed by atoms with E-state index in [-0.39, 0.29) is 108 Å². The normalized spacial score (nSPS) is 23.9. The number of phenols is 1. The summed E-state index contributed by atoms with van der Waals surface area (Å²) in [6, 6.07) is 20.7. The van der Waals surface area contributed by atoms with Crippen LogP contribution in [0.25, 0.3) is 10.9 Å². The number of carbonyl (C=O) groups is 16. The number of benzene rings is 5. The first-order chi connectivity index (χ1) is 62.3. The van der Waals surface area contributed by atoms with Crippen molar-refractivity contribution in [2.24, 2.45) is 17.6 Å². The van der Waals surface area contributed by atoms with Gasteiger partial charge in [-0.1, -0.05) is 169 Å². The third-order valence-corrected chi connectivity index (χ3v) is 25.0. The number of para-hydroxylation sites is 1. The van der Waals surface area contributed by atoms with Crippen molar-refractivity contribution in [2.45, 2.75) is 229 Å². The molecule has 0 radical (unpaired) electrons. The van der Waals surface area contributed by atoms with Crippen LogP contribution in [0.4, 0.5) is 0 Å². The fourth-order valence-corrected chi connectivity index (χ4v) is 17.6. The quantitative estimate of drug-likeness (QED) is 0.0272. The number of aliphatic carboxylic acids is 1. The van der Waals surface area contributed by atoms with Gasteiger partial charge in [-0.3, -0.25) is 71.9 Å². The molecule has 35 heteroatoms. The summed E-state index contributed by atoms with van der Waals surface area (Å²) < 4.78 is 0. The van der Waals surface area contributed by atoms with Crippen LogP contribution < -0.4 is 53.6 Å². The maximum atomic E-state index is 15.8. The number of carboxylic acid groups (broad SMARTS) is 1. The lowest BCUT2D eigenvalue weighted by molar-refractivity contribution is -0.152. The van der Waals surface area contributed by atoms with Crippen LogP contribution in [-0.4, -0.2) is 272 Å². The molecule has 1 aromatic heterocycles. The highest BCUT2D eigenvalue weighted by Crippen LogP contribution is 2.28. The van der Waals surface area contributed by atoms with E-state index < -0.39 is 198 Å². The predicted octanol–water partition coefficient (Wildman–Crippen LogP) is 3.68. The Morgan fingerprint density at radius 2 is 1.01 bits per heavy atom. The summed E-state index contributed by atoms with van der Waals surface area (Å²) in [6.45, 7) is 8.50. The Hall–Kier alpha value is -12.5. The van der Waals surface area contributed by atoms with Gasteiger partial charge in [0.05, 0.1) is 12.3 Å². The van der Waals surface area contributed by atoms with Gasteiger partial charge < -0.3 is 98.1 Å². The summed E-state index contributed by atoms with van der Waals surface area (Å²) in [5.41, 5.74) is 9.40. The maximum Gasteiger partial charge on any atom is 0.303 e. The molecule has 0 saturated carbocycles. The summed E-state index contributed by atoms with van der Waals surface area (Å²) in [5, 5.41) is 46.3. The number of rotatable bonds is 26. The van der Waals surface area contributed by atoms with Gasteiger partial charge in [0.2, 0.25) is 82.7 Å². The molecular weight excluding hydrogens is 1690 g/mol. The molecule has 0 unspecified atom stereocenters. The Kier molecular flexibility index (Phi) is 38.8. The van der Waals surface area contributed by atoms with E-state index in [9.17, 15) is 34.2 Å². The number of nitrogens with two attached hydrogens (primary N) is 1. The maximum absolute atomic E-state index is 15.8. The molecule has 6 aromatic rings. The van der Waals surface area contributed by atoms with Crippen molar-refractivity contribution in [1.82, 2.24) is 77.3 Å². The number of aromatic nitrogens is 1. The van der Waals surface area contributed by atoms with Gasteiger partial charge in [0.25, 0.3) is 0 Å². The first kappa shape index (κ1) is 101. The summed E-state index contributed by atoms with van der Waals surface area (Å²) in [6.07, 6.45) is 2.59. The first-order valence-corrected chi connectivity index (χ1v) is 45.9. The molecule has 0 aliphatic carbocycles. The van der Waals surface area contributed by atoms with Crippen molar-refractivity contribution in [3.05, 3.63) is 174 Å². The van der Waals surface area contributed by atoms with Gasteiger partial charge in [-0.2, -0.15) is 0 Å². The summed E-state index contributed by atoms with van der Waals surface area (Å²) >= 11 is 0.878. The molecule has 34 nitrogen and oxygen atoms in total. The molecule has 14 N–H and O–H groups in total. The highest BCUT2D eigenvalue weighted by molar-refractivity contribution is 8.00. The standard InChI is InChI=1S/C95H126N16O18S/c1-9-10-35-77-94(128)111-47-25-37-76(111)88(122)100-68(34-22-23-44-96)84(118)106-82(59(4)5)95(129)108(7)78(52-61-28-16-12-17-29-61)90(124)101-69(42-43-81(115)116)92(126)110-46-24-36-75(110)89(123)104-72(54-64-55-98-67-33-21-20-32-66(64)67)87(121)103-71(50-63-38-40-65(113)41-39-63)86(120)102-70(49-58(2)3)85(119)105-74(83(117)97-45-48-112)56-130-57-80(114)99-73(51-60-26-14-11-15-27-60)91(125)109(8)79(93(127)107(77)6)53-62-30-18-13-19-31-62/h11-21,26-33,38-41,48,55,58-59,68-79,82,98,113H,9-10,22-25,34-37,42-47,49-54,56-57,96H2,1-8H3,(H,97,117)(H,99,114)(H,100,122)(H,101,124)(H,102,120)(H,103,121)(H,104,123)(H,105,119)(H,106,118)(H,115,116)/t68-,69-,70-,71-,72-,73-,74-,75+,76+,77-,78-,79-,82-/m0/s1. The number of hydrogen-bond donors (Lipinski definition) is 13. The first-order valence-electron chi connectivity index (χ1n) is 44.8. The van der Waals surface area contributed by atoms with E-state index in [1.165, 1.54) is 65.0 Å². The third kappa shape index (κ3) is 28.7. The number of H-pyrrole nitrogens is 1. The van der Waals surface area contributed by atoms with E-state index in [2.05, 4.69) is 52.8 Å². The average Bonchev–Trinajstić information content (AvgIpc) is 1.79. The molecular formula is C95H126N16O18S. The molecule has 9 rings (SSSR count). The minimum atomic E-state index is -1.66. The topological polar surface area (TPSA) is 480 Å². The lowest BCUT2D eigenvalue weighted by Crippen LogP contribution is -2.62. The Morgan fingerprint density at radius 3 is 1.59 bits per heavy atom. The van der Waals surface area contributed by atoms with Gasteiger partial charge >= 0.3 is 5.97 Å². The second-order valence-electron chi connectivity index (χ2n) is 34.4. The van der Waals surface area contributed by atoms with Crippen molar-refractivity contribution < 1.29 is 86.9 Å². The van der Waals surface area contributed by atoms with Crippen LogP contribution in [-0.2, 0) is 109 Å². The number of nitrogens with zero attached hydrogens (tertiary/aromatic N) is 5. The van der Waals surface area contributed by atoms with Gasteiger partial charge in [0.1, 0.15) is 90.6 Å². The number of carbonyl (C=O) groups excluding carboxylic acids is 15. The second kappa shape index (κ2) is 49.9. The van der Waals surface area contributed by atoms with Gasteiger partial charge in [-0.05, 0) is 129 Å². The molecule has 3 aliphatic rings. The van der Waals surface area contributed by atoms with Crippen LogP contribution in [0.5, 0.6) is 5.75 Å². The van der Waals surface area contributed by atoms with E-state index in [4.69, 9.17) is 5.73 Å². The monoisotopic (exact) mass is 1810 g/mol. The molecule has 4 heterocycles. The molecule has 3 aliphatic heterocycles. The molecule has 3 saturated heterocycles. The number of unbranched alkanes of at least 4 members (excludes halogenated alkanes) is 2. The zero-order valence-corrected chi connectivity index (χ0v) is 76.0. The predicted molar refractivity (Wildman–Crippen MR) is 489 cm³/mol. The van der Waals surface area contributed by atoms with Gasteiger partial charge in [0, 0.05) is 95.6 Å². The number of carboxylic acids is 1. The highest BCUT2D eigenvalue weighted by atomic mass is 32.2. The zero-order valence-electron chi connectivity index (χ0n) is 75.2. The zero-order chi connectivity index (χ0) is 94.3. The summed E-state index contributed by atoms with van der Waals surface area (Å²) in [7, 11) is 4.23. The Morgan fingerprint density at radius 1 is 0.500 bits per heavy atom. The molecule has 0 spiro atoms. The Balaban J connectivity index is 1.12. The van der Waals surface area contributed by atoms with E-state index in [1.807, 2.05) is 6.92 Å². The SMILES string of the molecule is CCCC[C@H]1C(=O)N2CCC[C@@H]2C(=O)N[C@@H](CCCCN)C(=O)N[C@@H](C(C)C)C(=O)N(C)[C@@H](Cc2ccccc2)C(=O)N[C@@H](CCC(=O)O)C(=O)N2CCC[C@@H]2C(=O)N[C@@H](Cc2c[nH]c3ccccc23)C(=O)N[C@@H](Cc2ccc(O)cc2)C(=O)N[C@@H](CC(C)C)C(=O)N[C@H](C(=O)NCC=O)CSCC(=O)N[C@@H](Cc2ccccc2)C(=O)N(C)[C@@H](Cc2ccccc2)C(=O)N1C. The average molecular weight is 1810 g/mol. The largest absolute Gasteiger partial charge is 0.508 e. The fraction of sp³-hybridized carbons (Fsp3) is 0.495. The molecule has 700 valence electrons. The van der Waals surface area contributed by atoms with Crippen molar-refractivity contribution >= 4 is 118 Å². The van der Waals surface area contributed by atoms with E-state index in [0.717, 1.165) is 16.7 Å². The molecule has 130 heavy (non-hydrogen) atoms. The van der Waals surface area contributed by atoms with Crippen molar-refractivity contribution in [1.29, 1.82) is 0 Å². The fourth-order valence-electron chi connectivity index (χ4n) is 16.7. The van der Waals surface area contributed by atoms with E-state index in [1.54, 1.807) is 149 Å². The number of phenolic OH excluding ortho intramolecular Hbond substituents is 1. The van der Waals surface area contributed by atoms with Crippen molar-refractivity contribution in [3.63, 3.8) is 0 Å². The van der Waals surface area contributed by atoms with E-state index >= 15 is 52.7 Å². The van der Waals surface area contributed by atoms with Crippen LogP contribution in [0.1, 0.15) is 146 Å². The number of amides is 14. The molecule has 3 fully saturated rings. The molecule has 0 bridgehead atoms. The van der Waals surface area contributed by atoms with Crippen molar-refractivity contribution in [2.75, 3.05) is 58.8 Å². The van der Waals surface area contributed by atoms with Gasteiger partial charge in [-0.15, -0.1) is 11.8 Å². The summed E-state index contributed by atoms with van der Waals surface area (Å²) in [5.74, 6) is -14.4. The van der Waals surface area contributed by atoms with Crippen molar-refractivity contribution in [3.8, 4) is 5.75 Å². The number of aldehydes is 1. The van der Waals surface area contributed by atoms with Crippen LogP contribution in [0.2, 0.25) is 0 Å².